The molecule has 0 saturated carbocycles. The predicted molar refractivity (Wildman–Crippen MR) is 102 cm³/mol. The largest absolute Gasteiger partial charge is 0.461 e. The molecule has 140 valence electrons. The lowest BCUT2D eigenvalue weighted by Gasteiger charge is -2.20. The van der Waals surface area contributed by atoms with Crippen molar-refractivity contribution in [2.24, 2.45) is 5.92 Å². The Morgan fingerprint density at radius 2 is 1.96 bits per heavy atom. The van der Waals surface area contributed by atoms with Gasteiger partial charge in [0, 0.05) is 6.92 Å². The molecule has 0 unspecified atom stereocenters. The molecule has 0 aromatic carbocycles. The van der Waals surface area contributed by atoms with E-state index in [1.165, 1.54) is 18.1 Å². The highest BCUT2D eigenvalue weighted by Gasteiger charge is 2.51. The molecule has 2 aliphatic rings. The van der Waals surface area contributed by atoms with E-state index < -0.39 is 0 Å². The number of rotatable bonds is 3. The lowest BCUT2D eigenvalue weighted by atomic mass is 9.85. The molecule has 3 atom stereocenters. The molecule has 1 saturated heterocycles. The number of allylic oxidation sites excluding steroid dienone is 4. The van der Waals surface area contributed by atoms with E-state index in [1.54, 1.807) is 0 Å². The Hall–Kier alpha value is -1.35. The van der Waals surface area contributed by atoms with Crippen LogP contribution in [0.2, 0.25) is 0 Å². The molecule has 25 heavy (non-hydrogen) atoms. The summed E-state index contributed by atoms with van der Waals surface area (Å²) in [6.07, 6.45) is 12.5. The first-order valence-electron chi connectivity index (χ1n) is 9.60. The Morgan fingerprint density at radius 1 is 1.28 bits per heavy atom. The van der Waals surface area contributed by atoms with Crippen LogP contribution in [0.5, 0.6) is 0 Å². The van der Waals surface area contributed by atoms with Crippen molar-refractivity contribution < 1.29 is 14.3 Å². The molecule has 1 aliphatic heterocycles. The van der Waals surface area contributed by atoms with Gasteiger partial charge in [0.25, 0.3) is 0 Å². The van der Waals surface area contributed by atoms with Crippen LogP contribution in [0.25, 0.3) is 0 Å². The van der Waals surface area contributed by atoms with E-state index >= 15 is 0 Å². The van der Waals surface area contributed by atoms with Gasteiger partial charge < -0.3 is 9.47 Å². The predicted octanol–water partition coefficient (Wildman–Crippen LogP) is 5.52. The number of hydrogen-bond acceptors (Lipinski definition) is 3. The Kier molecular flexibility index (Phi) is 7.06. The van der Waals surface area contributed by atoms with E-state index in [1.807, 2.05) is 0 Å². The van der Waals surface area contributed by atoms with Crippen molar-refractivity contribution in [2.45, 2.75) is 84.3 Å². The summed E-state index contributed by atoms with van der Waals surface area (Å²) in [6.45, 7) is 12.7. The molecular formula is C22H34O3. The topological polar surface area (TPSA) is 38.8 Å². The summed E-state index contributed by atoms with van der Waals surface area (Å²) >= 11 is 0. The quantitative estimate of drug-likeness (QED) is 0.384. The summed E-state index contributed by atoms with van der Waals surface area (Å²) in [5, 5.41) is 0. The first-order valence-corrected chi connectivity index (χ1v) is 9.60. The van der Waals surface area contributed by atoms with Gasteiger partial charge in [0.15, 0.2) is 0 Å². The van der Waals surface area contributed by atoms with Crippen LogP contribution >= 0.6 is 0 Å². The van der Waals surface area contributed by atoms with Gasteiger partial charge in [0.2, 0.25) is 0 Å². The molecule has 2 rings (SSSR count). The molecule has 3 heteroatoms. The maximum absolute atomic E-state index is 11.1. The minimum Gasteiger partial charge on any atom is -0.461 e. The van der Waals surface area contributed by atoms with Crippen LogP contribution in [0.4, 0.5) is 0 Å². The van der Waals surface area contributed by atoms with Gasteiger partial charge in [-0.25, -0.2) is 0 Å². The molecule has 3 nitrogen and oxygen atoms in total. The second-order valence-electron chi connectivity index (χ2n) is 8.01. The second-order valence-corrected chi connectivity index (χ2v) is 8.01. The highest BCUT2D eigenvalue weighted by molar-refractivity contribution is 5.66. The zero-order chi connectivity index (χ0) is 18.4. The first-order chi connectivity index (χ1) is 11.8. The number of ether oxygens (including phenoxy) is 2. The molecule has 0 amide bonds. The molecule has 0 aromatic rings. The van der Waals surface area contributed by atoms with Gasteiger partial charge in [-0.15, -0.1) is 0 Å². The highest BCUT2D eigenvalue weighted by Crippen LogP contribution is 2.45. The average molecular weight is 347 g/mol. The molecule has 0 spiro atoms. The van der Waals surface area contributed by atoms with Gasteiger partial charge in [-0.05, 0) is 77.2 Å². The van der Waals surface area contributed by atoms with Crippen LogP contribution in [0.15, 0.2) is 35.5 Å². The molecule has 0 N–H and O–H groups in total. The summed E-state index contributed by atoms with van der Waals surface area (Å²) < 4.78 is 11.2. The fraction of sp³-hybridized carbons (Fsp3) is 0.682. The Labute approximate surface area is 153 Å². The zero-order valence-electron chi connectivity index (χ0n) is 16.4. The van der Waals surface area contributed by atoms with E-state index in [-0.39, 0.29) is 11.6 Å². The van der Waals surface area contributed by atoms with Gasteiger partial charge in [0.1, 0.15) is 6.61 Å². The number of esters is 1. The van der Waals surface area contributed by atoms with Crippen molar-refractivity contribution in [3.05, 3.63) is 35.5 Å². The summed E-state index contributed by atoms with van der Waals surface area (Å²) in [6, 6.07) is 0. The molecular weight excluding hydrogens is 312 g/mol. The van der Waals surface area contributed by atoms with Crippen LogP contribution in [0.3, 0.4) is 0 Å². The SMILES string of the molecule is C=C(COC(C)=O)[C@H]1CC/C(C)=C/CC/C(C)=C/CC[C@@]2(C)O[C@H]2C1. The first kappa shape index (κ1) is 20.0. The maximum atomic E-state index is 11.1. The molecule has 1 heterocycles. The molecule has 0 radical (unpaired) electrons. The van der Waals surface area contributed by atoms with Crippen molar-refractivity contribution in [1.82, 2.24) is 0 Å². The highest BCUT2D eigenvalue weighted by atomic mass is 16.6. The maximum Gasteiger partial charge on any atom is 0.302 e. The summed E-state index contributed by atoms with van der Waals surface area (Å²) in [7, 11) is 0. The molecule has 1 aliphatic carbocycles. The van der Waals surface area contributed by atoms with Crippen molar-refractivity contribution in [3.63, 3.8) is 0 Å². The van der Waals surface area contributed by atoms with Crippen LogP contribution in [-0.4, -0.2) is 24.3 Å². The number of hydrogen-bond donors (Lipinski definition) is 0. The third-order valence-corrected chi connectivity index (χ3v) is 5.62. The van der Waals surface area contributed by atoms with E-state index in [0.29, 0.717) is 18.6 Å². The van der Waals surface area contributed by atoms with Crippen molar-refractivity contribution in [3.8, 4) is 0 Å². The van der Waals surface area contributed by atoms with Gasteiger partial charge >= 0.3 is 5.97 Å². The average Bonchev–Trinajstić information content (AvgIpc) is 3.18. The Morgan fingerprint density at radius 3 is 2.68 bits per heavy atom. The van der Waals surface area contributed by atoms with E-state index in [0.717, 1.165) is 50.5 Å². The monoisotopic (exact) mass is 346 g/mol. The smallest absolute Gasteiger partial charge is 0.302 e. The zero-order valence-corrected chi connectivity index (χ0v) is 16.4. The molecule has 0 bridgehead atoms. The summed E-state index contributed by atoms with van der Waals surface area (Å²) in [4.78, 5) is 11.1. The molecule has 0 aromatic heterocycles. The number of carbonyl (C=O) groups excluding carboxylic acids is 1. The standard InChI is InChI=1S/C22H34O3/c1-16-8-6-9-17(2)11-12-20(18(3)15-24-19(4)23)14-21-22(5,25-21)13-7-10-16/h9-10,20-21H,3,6-8,11-15H2,1-2,4-5H3/b16-10+,17-9+/t20-,21-,22+/m0/s1. The minimum atomic E-state index is -0.243. The third kappa shape index (κ3) is 6.47. The summed E-state index contributed by atoms with van der Waals surface area (Å²) in [5.74, 6) is 0.0996. The molecule has 1 fully saturated rings. The van der Waals surface area contributed by atoms with Gasteiger partial charge in [0.05, 0.1) is 11.7 Å². The summed E-state index contributed by atoms with van der Waals surface area (Å²) in [5.41, 5.74) is 3.94. The van der Waals surface area contributed by atoms with Crippen LogP contribution in [0.1, 0.15) is 72.6 Å². The number of epoxide rings is 1. The number of carbonyl (C=O) groups is 1. The Bertz CT molecular complexity index is 558. The van der Waals surface area contributed by atoms with Gasteiger partial charge in [-0.2, -0.15) is 0 Å². The minimum absolute atomic E-state index is 0.00570. The van der Waals surface area contributed by atoms with E-state index in [9.17, 15) is 4.79 Å². The van der Waals surface area contributed by atoms with E-state index in [2.05, 4.69) is 39.5 Å². The fourth-order valence-corrected chi connectivity index (χ4v) is 3.62. The van der Waals surface area contributed by atoms with Crippen LogP contribution in [-0.2, 0) is 14.3 Å². The number of fused-ring (bicyclic) bond motifs is 1. The van der Waals surface area contributed by atoms with Crippen molar-refractivity contribution in [1.29, 1.82) is 0 Å². The van der Waals surface area contributed by atoms with Crippen molar-refractivity contribution >= 4 is 5.97 Å². The second kappa shape index (κ2) is 8.84. The fourth-order valence-electron chi connectivity index (χ4n) is 3.62. The third-order valence-electron chi connectivity index (χ3n) is 5.62. The lowest BCUT2D eigenvalue weighted by molar-refractivity contribution is -0.140. The van der Waals surface area contributed by atoms with E-state index in [4.69, 9.17) is 9.47 Å². The van der Waals surface area contributed by atoms with Gasteiger partial charge in [-0.3, -0.25) is 4.79 Å². The Balaban J connectivity index is 2.04. The van der Waals surface area contributed by atoms with Crippen LogP contribution in [0, 0.1) is 5.92 Å². The van der Waals surface area contributed by atoms with Crippen LogP contribution < -0.4 is 0 Å². The van der Waals surface area contributed by atoms with Crippen molar-refractivity contribution in [2.75, 3.05) is 6.61 Å². The normalized spacial score (nSPS) is 35.2. The van der Waals surface area contributed by atoms with Gasteiger partial charge in [-0.1, -0.05) is 29.9 Å². The lowest BCUT2D eigenvalue weighted by Crippen LogP contribution is -2.17.